The molecule has 2 amide bonds. The molecule has 294 valence electrons. The number of nitrogens with zero attached hydrogens (tertiary/aromatic N) is 2. The Morgan fingerprint density at radius 1 is 0.655 bits per heavy atom. The normalized spacial score (nSPS) is 12.4. The Hall–Kier alpha value is -4.23. The monoisotopic (exact) mass is 858 g/mol. The summed E-state index contributed by atoms with van der Waals surface area (Å²) in [5, 5.41) is 9.00. The molecule has 0 radical (unpaired) electrons. The van der Waals surface area contributed by atoms with Crippen LogP contribution in [-0.4, -0.2) is 48.1 Å². The summed E-state index contributed by atoms with van der Waals surface area (Å²) in [5.74, 6) is -5.68. The number of thiazole rings is 2. The Labute approximate surface area is 328 Å². The van der Waals surface area contributed by atoms with Crippen molar-refractivity contribution >= 4 is 76.0 Å². The van der Waals surface area contributed by atoms with Gasteiger partial charge in [-0.1, -0.05) is 32.4 Å². The molecule has 0 fully saturated rings. The van der Waals surface area contributed by atoms with Crippen molar-refractivity contribution in [3.8, 4) is 11.3 Å². The zero-order valence-corrected chi connectivity index (χ0v) is 34.3. The minimum absolute atomic E-state index is 0.0383. The number of amides is 2. The van der Waals surface area contributed by atoms with Gasteiger partial charge in [0.2, 0.25) is 11.8 Å². The van der Waals surface area contributed by atoms with Gasteiger partial charge in [0.1, 0.15) is 26.0 Å². The van der Waals surface area contributed by atoms with E-state index in [1.54, 1.807) is 10.8 Å². The summed E-state index contributed by atoms with van der Waals surface area (Å²) in [5.41, 5.74) is 1.16. The van der Waals surface area contributed by atoms with Gasteiger partial charge in [-0.15, -0.1) is 22.7 Å². The smallest absolute Gasteiger partial charge is 0.247 e. The number of sulfone groups is 2. The number of nitrogens with one attached hydrogen (secondary N) is 2. The van der Waals surface area contributed by atoms with Crippen molar-refractivity contribution in [1.29, 1.82) is 0 Å². The van der Waals surface area contributed by atoms with Crippen LogP contribution < -0.4 is 10.6 Å². The molecule has 19 heteroatoms. The molecular weight excluding hydrogens is 824 g/mol. The van der Waals surface area contributed by atoms with Gasteiger partial charge in [0.15, 0.2) is 41.6 Å². The summed E-state index contributed by atoms with van der Waals surface area (Å²) in [4.78, 5) is 32.8. The lowest BCUT2D eigenvalue weighted by molar-refractivity contribution is -0.118. The van der Waals surface area contributed by atoms with Gasteiger partial charge < -0.3 is 10.6 Å². The number of hydrogen-bond donors (Lipinski definition) is 2. The third kappa shape index (κ3) is 9.43. The highest BCUT2D eigenvalue weighted by Gasteiger charge is 2.45. The van der Waals surface area contributed by atoms with Crippen LogP contribution in [0.3, 0.4) is 0 Å². The molecule has 0 saturated heterocycles. The molecule has 55 heavy (non-hydrogen) atoms. The summed E-state index contributed by atoms with van der Waals surface area (Å²) in [6.07, 6.45) is 0. The molecule has 0 saturated carbocycles. The maximum absolute atomic E-state index is 13.9. The minimum Gasteiger partial charge on any atom is -0.301 e. The number of benzene rings is 3. The molecule has 0 unspecified atom stereocenters. The summed E-state index contributed by atoms with van der Waals surface area (Å²) >= 11 is 7.99. The molecular formula is C36H35ClF4N4O6S4. The Bertz CT molecular complexity index is 2460. The highest BCUT2D eigenvalue weighted by atomic mass is 35.5. The van der Waals surface area contributed by atoms with Crippen molar-refractivity contribution in [2.45, 2.75) is 73.2 Å². The predicted molar refractivity (Wildman–Crippen MR) is 206 cm³/mol. The fourth-order valence-corrected chi connectivity index (χ4v) is 8.99. The van der Waals surface area contributed by atoms with Crippen LogP contribution in [-0.2, 0) is 34.7 Å². The first-order valence-corrected chi connectivity index (χ1v) is 21.1. The van der Waals surface area contributed by atoms with E-state index < -0.39 is 69.1 Å². The number of carbonyl (C=O) groups excluding carboxylic acids is 2. The van der Waals surface area contributed by atoms with Gasteiger partial charge >= 0.3 is 0 Å². The molecule has 2 aromatic heterocycles. The van der Waals surface area contributed by atoms with Crippen LogP contribution >= 0.6 is 34.3 Å². The van der Waals surface area contributed by atoms with Gasteiger partial charge in [-0.05, 0) is 88.4 Å². The molecule has 0 bridgehead atoms. The molecule has 0 spiro atoms. The van der Waals surface area contributed by atoms with Gasteiger partial charge in [-0.2, -0.15) is 0 Å². The summed E-state index contributed by atoms with van der Waals surface area (Å²) < 4.78 is 101. The SMILES string of the molecule is CC(C)(C(=O)Nc1nc(-c2ccc(F)c(F)c2)cs1)S(=O)(=O)c1ccc(Cl)cc1.CC(C)(C)c1csc(NC(=O)C(C)(C)S(=O)(=O)c2cc(F)ccc2F)n1. The van der Waals surface area contributed by atoms with E-state index in [0.717, 1.165) is 60.4 Å². The third-order valence-electron chi connectivity index (χ3n) is 8.18. The predicted octanol–water partition coefficient (Wildman–Crippen LogP) is 8.84. The number of halogens is 5. The van der Waals surface area contributed by atoms with Gasteiger partial charge in [0.25, 0.3) is 0 Å². The lowest BCUT2D eigenvalue weighted by Crippen LogP contribution is -2.44. The Morgan fingerprint density at radius 3 is 1.73 bits per heavy atom. The van der Waals surface area contributed by atoms with Crippen LogP contribution in [0.5, 0.6) is 0 Å². The van der Waals surface area contributed by atoms with Crippen LogP contribution in [0.4, 0.5) is 27.8 Å². The molecule has 3 aromatic carbocycles. The van der Waals surface area contributed by atoms with E-state index in [2.05, 4.69) is 20.6 Å². The standard InChI is InChI=1S/C19H15ClF2N2O3S2.C17H20F2N2O3S2/c1-19(2,29(26,27)13-6-4-12(20)5-7-13)17(25)24-18-23-16(10-28-18)11-3-8-14(21)15(22)9-11;1-16(2,3)13-9-25-15(20-13)21-14(22)17(4,5)26(23,24)12-8-10(18)6-7-11(12)19/h3-10H,1-2H3,(H,23,24,25);6-9H,1-5H3,(H,20,21,22). The van der Waals surface area contributed by atoms with Crippen LogP contribution in [0.2, 0.25) is 5.02 Å². The first-order valence-electron chi connectivity index (χ1n) is 16.0. The summed E-state index contributed by atoms with van der Waals surface area (Å²) in [7, 11) is -8.50. The average Bonchev–Trinajstić information content (AvgIpc) is 3.77. The second-order valence-corrected chi connectivity index (χ2v) is 21.0. The molecule has 0 aliphatic rings. The fraction of sp³-hybridized carbons (Fsp3) is 0.278. The number of anilines is 2. The van der Waals surface area contributed by atoms with E-state index in [1.165, 1.54) is 44.2 Å². The lowest BCUT2D eigenvalue weighted by atomic mass is 9.93. The third-order valence-corrected chi connectivity index (χ3v) is 14.8. The highest BCUT2D eigenvalue weighted by molar-refractivity contribution is 7.94. The van der Waals surface area contributed by atoms with Crippen molar-refractivity contribution in [3.05, 3.63) is 105 Å². The van der Waals surface area contributed by atoms with Gasteiger partial charge in [-0.3, -0.25) is 9.59 Å². The maximum Gasteiger partial charge on any atom is 0.247 e. The topological polar surface area (TPSA) is 152 Å². The van der Waals surface area contributed by atoms with E-state index in [0.29, 0.717) is 28.4 Å². The van der Waals surface area contributed by atoms with E-state index >= 15 is 0 Å². The Kier molecular flexibility index (Phi) is 12.7. The Morgan fingerprint density at radius 2 is 1.18 bits per heavy atom. The molecule has 5 rings (SSSR count). The molecule has 10 nitrogen and oxygen atoms in total. The number of hydrogen-bond acceptors (Lipinski definition) is 10. The molecule has 2 N–H and O–H groups in total. The summed E-state index contributed by atoms with van der Waals surface area (Å²) in [6, 6.07) is 10.9. The first-order chi connectivity index (χ1) is 25.3. The van der Waals surface area contributed by atoms with E-state index in [-0.39, 0.29) is 20.6 Å². The highest BCUT2D eigenvalue weighted by Crippen LogP contribution is 2.33. The Balaban J connectivity index is 0.000000246. The average molecular weight is 859 g/mol. The molecule has 0 aliphatic heterocycles. The lowest BCUT2D eigenvalue weighted by Gasteiger charge is -2.23. The number of aromatic nitrogens is 2. The number of rotatable bonds is 9. The van der Waals surface area contributed by atoms with Crippen molar-refractivity contribution in [2.24, 2.45) is 0 Å². The van der Waals surface area contributed by atoms with E-state index in [9.17, 15) is 44.0 Å². The first kappa shape index (κ1) is 43.5. The van der Waals surface area contributed by atoms with Crippen molar-refractivity contribution < 1.29 is 44.0 Å². The maximum atomic E-state index is 13.9. The van der Waals surface area contributed by atoms with Crippen molar-refractivity contribution in [3.63, 3.8) is 0 Å². The van der Waals surface area contributed by atoms with Crippen molar-refractivity contribution in [1.82, 2.24) is 9.97 Å². The zero-order valence-electron chi connectivity index (χ0n) is 30.3. The van der Waals surface area contributed by atoms with Crippen LogP contribution in [0.1, 0.15) is 54.2 Å². The van der Waals surface area contributed by atoms with Crippen LogP contribution in [0.15, 0.2) is 81.2 Å². The fourth-order valence-electron chi connectivity index (χ4n) is 4.40. The van der Waals surface area contributed by atoms with Gasteiger partial charge in [-0.25, -0.2) is 44.4 Å². The van der Waals surface area contributed by atoms with E-state index in [1.807, 2.05) is 20.8 Å². The largest absolute Gasteiger partial charge is 0.301 e. The quantitative estimate of drug-likeness (QED) is 0.140. The zero-order chi connectivity index (χ0) is 41.3. The van der Waals surface area contributed by atoms with Gasteiger partial charge in [0.05, 0.1) is 16.3 Å². The second-order valence-electron chi connectivity index (χ2n) is 13.9. The van der Waals surface area contributed by atoms with Crippen LogP contribution in [0.25, 0.3) is 11.3 Å². The van der Waals surface area contributed by atoms with Crippen LogP contribution in [0, 0.1) is 23.3 Å². The van der Waals surface area contributed by atoms with E-state index in [4.69, 9.17) is 11.6 Å². The molecule has 2 heterocycles. The second kappa shape index (κ2) is 16.1. The molecule has 0 aliphatic carbocycles. The minimum atomic E-state index is -4.48. The molecule has 0 atom stereocenters. The molecule has 5 aromatic rings. The summed E-state index contributed by atoms with van der Waals surface area (Å²) in [6.45, 7) is 10.7. The van der Waals surface area contributed by atoms with Crippen molar-refractivity contribution in [2.75, 3.05) is 10.6 Å². The number of carbonyl (C=O) groups is 2. The van der Waals surface area contributed by atoms with Gasteiger partial charge in [0, 0.05) is 26.8 Å².